The number of nitrogens with two attached hydrogens (primary N) is 1. The first-order valence-electron chi connectivity index (χ1n) is 5.63. The molecule has 1 heterocycles. The standard InChI is InChI=1S/C11H21N3OS/c1-5-14(6-2)11-13-9(7-15-4)10(16-11)8(3)12/h8H,5-7,12H2,1-4H3. The molecule has 0 aliphatic carbocycles. The Balaban J connectivity index is 3.00. The van der Waals surface area contributed by atoms with Gasteiger partial charge in [-0.25, -0.2) is 4.98 Å². The van der Waals surface area contributed by atoms with E-state index in [0.717, 1.165) is 28.8 Å². The van der Waals surface area contributed by atoms with Crippen molar-refractivity contribution in [3.8, 4) is 0 Å². The van der Waals surface area contributed by atoms with Gasteiger partial charge in [0.25, 0.3) is 0 Å². The first kappa shape index (κ1) is 13.4. The van der Waals surface area contributed by atoms with E-state index in [1.165, 1.54) is 0 Å². The monoisotopic (exact) mass is 243 g/mol. The maximum Gasteiger partial charge on any atom is 0.185 e. The number of aromatic nitrogens is 1. The van der Waals surface area contributed by atoms with Crippen molar-refractivity contribution in [3.05, 3.63) is 10.6 Å². The van der Waals surface area contributed by atoms with E-state index in [4.69, 9.17) is 10.5 Å². The maximum atomic E-state index is 5.94. The van der Waals surface area contributed by atoms with E-state index >= 15 is 0 Å². The molecule has 0 saturated heterocycles. The SMILES string of the molecule is CCN(CC)c1nc(COC)c(C(C)N)s1. The van der Waals surface area contributed by atoms with Crippen LogP contribution in [0.15, 0.2) is 0 Å². The lowest BCUT2D eigenvalue weighted by atomic mass is 10.2. The lowest BCUT2D eigenvalue weighted by Gasteiger charge is -2.16. The van der Waals surface area contributed by atoms with Gasteiger partial charge in [0.05, 0.1) is 12.3 Å². The predicted octanol–water partition coefficient (Wildman–Crippen LogP) is 2.16. The van der Waals surface area contributed by atoms with Crippen LogP contribution in [0.3, 0.4) is 0 Å². The van der Waals surface area contributed by atoms with Gasteiger partial charge in [0.1, 0.15) is 0 Å². The third kappa shape index (κ3) is 2.93. The highest BCUT2D eigenvalue weighted by Gasteiger charge is 2.16. The highest BCUT2D eigenvalue weighted by atomic mass is 32.1. The van der Waals surface area contributed by atoms with Crippen LogP contribution in [-0.4, -0.2) is 25.2 Å². The van der Waals surface area contributed by atoms with Gasteiger partial charge in [0.15, 0.2) is 5.13 Å². The maximum absolute atomic E-state index is 5.94. The van der Waals surface area contributed by atoms with Crippen LogP contribution in [0.1, 0.15) is 37.4 Å². The van der Waals surface area contributed by atoms with Crippen LogP contribution in [0, 0.1) is 0 Å². The average molecular weight is 243 g/mol. The summed E-state index contributed by atoms with van der Waals surface area (Å²) in [7, 11) is 1.68. The van der Waals surface area contributed by atoms with Crippen molar-refractivity contribution >= 4 is 16.5 Å². The number of thiazole rings is 1. The van der Waals surface area contributed by atoms with Gasteiger partial charge in [0.2, 0.25) is 0 Å². The molecule has 0 aromatic carbocycles. The number of anilines is 1. The highest BCUT2D eigenvalue weighted by Crippen LogP contribution is 2.30. The zero-order valence-electron chi connectivity index (χ0n) is 10.5. The van der Waals surface area contributed by atoms with E-state index in [-0.39, 0.29) is 6.04 Å². The second-order valence-corrected chi connectivity index (χ2v) is 4.71. The van der Waals surface area contributed by atoms with Crippen molar-refractivity contribution in [3.63, 3.8) is 0 Å². The molecule has 0 aliphatic heterocycles. The topological polar surface area (TPSA) is 51.4 Å². The van der Waals surface area contributed by atoms with Gasteiger partial charge in [-0.3, -0.25) is 0 Å². The van der Waals surface area contributed by atoms with Crippen molar-refractivity contribution in [2.24, 2.45) is 5.73 Å². The minimum atomic E-state index is 0.0203. The molecule has 0 bridgehead atoms. The molecule has 1 aromatic heterocycles. The molecule has 0 radical (unpaired) electrons. The first-order valence-corrected chi connectivity index (χ1v) is 6.44. The molecule has 0 spiro atoms. The number of nitrogens with zero attached hydrogens (tertiary/aromatic N) is 2. The van der Waals surface area contributed by atoms with Crippen molar-refractivity contribution in [1.29, 1.82) is 0 Å². The normalized spacial score (nSPS) is 12.8. The molecule has 16 heavy (non-hydrogen) atoms. The number of methoxy groups -OCH3 is 1. The molecule has 0 amide bonds. The van der Waals surface area contributed by atoms with E-state index in [9.17, 15) is 0 Å². The number of rotatable bonds is 6. The zero-order valence-corrected chi connectivity index (χ0v) is 11.3. The lowest BCUT2D eigenvalue weighted by molar-refractivity contribution is 0.181. The van der Waals surface area contributed by atoms with Crippen LogP contribution in [0.4, 0.5) is 5.13 Å². The van der Waals surface area contributed by atoms with Gasteiger partial charge in [0, 0.05) is 31.1 Å². The first-order chi connectivity index (χ1) is 7.63. The van der Waals surface area contributed by atoms with Crippen molar-refractivity contribution < 1.29 is 4.74 Å². The van der Waals surface area contributed by atoms with Crippen LogP contribution >= 0.6 is 11.3 Å². The van der Waals surface area contributed by atoms with Crippen LogP contribution in [0.25, 0.3) is 0 Å². The lowest BCUT2D eigenvalue weighted by Crippen LogP contribution is -2.21. The van der Waals surface area contributed by atoms with Crippen LogP contribution in [0.5, 0.6) is 0 Å². The van der Waals surface area contributed by atoms with E-state index in [0.29, 0.717) is 6.61 Å². The van der Waals surface area contributed by atoms with Crippen LogP contribution in [0.2, 0.25) is 0 Å². The summed E-state index contributed by atoms with van der Waals surface area (Å²) >= 11 is 1.67. The number of ether oxygens (including phenoxy) is 1. The minimum absolute atomic E-state index is 0.0203. The van der Waals surface area contributed by atoms with Gasteiger partial charge in [-0.2, -0.15) is 0 Å². The molecule has 1 rings (SSSR count). The summed E-state index contributed by atoms with van der Waals surface area (Å²) in [5.74, 6) is 0. The fourth-order valence-electron chi connectivity index (χ4n) is 1.58. The van der Waals surface area contributed by atoms with Gasteiger partial charge in [-0.15, -0.1) is 0 Å². The van der Waals surface area contributed by atoms with E-state index in [2.05, 4.69) is 23.7 Å². The van der Waals surface area contributed by atoms with Gasteiger partial charge in [-0.05, 0) is 20.8 Å². The summed E-state index contributed by atoms with van der Waals surface area (Å²) in [4.78, 5) is 7.96. The molecule has 5 heteroatoms. The largest absolute Gasteiger partial charge is 0.378 e. The van der Waals surface area contributed by atoms with Gasteiger partial charge < -0.3 is 15.4 Å². The van der Waals surface area contributed by atoms with Crippen molar-refractivity contribution in [2.45, 2.75) is 33.4 Å². The summed E-state index contributed by atoms with van der Waals surface area (Å²) in [5.41, 5.74) is 6.91. The smallest absolute Gasteiger partial charge is 0.185 e. The Kier molecular flexibility index (Phi) is 5.18. The molecule has 1 aromatic rings. The summed E-state index contributed by atoms with van der Waals surface area (Å²) in [5, 5.41) is 1.05. The van der Waals surface area contributed by atoms with Crippen molar-refractivity contribution in [1.82, 2.24) is 4.98 Å². The molecule has 1 unspecified atom stereocenters. The fourth-order valence-corrected chi connectivity index (χ4v) is 2.72. The Labute approximate surface area is 101 Å². The second kappa shape index (κ2) is 6.18. The molecule has 1 atom stereocenters. The molecule has 92 valence electrons. The Hall–Kier alpha value is -0.650. The summed E-state index contributed by atoms with van der Waals surface area (Å²) in [6.07, 6.45) is 0. The van der Waals surface area contributed by atoms with E-state index < -0.39 is 0 Å². The molecule has 4 nitrogen and oxygen atoms in total. The predicted molar refractivity (Wildman–Crippen MR) is 69.0 cm³/mol. The Morgan fingerprint density at radius 3 is 2.50 bits per heavy atom. The summed E-state index contributed by atoms with van der Waals surface area (Å²) in [6, 6.07) is 0.0203. The molecular weight excluding hydrogens is 222 g/mol. The fraction of sp³-hybridized carbons (Fsp3) is 0.727. The molecule has 2 N–H and O–H groups in total. The number of hydrogen-bond acceptors (Lipinski definition) is 5. The third-order valence-electron chi connectivity index (χ3n) is 2.44. The summed E-state index contributed by atoms with van der Waals surface area (Å²) in [6.45, 7) is 8.72. The molecule has 0 fully saturated rings. The molecular formula is C11H21N3OS. The Bertz CT molecular complexity index is 321. The molecule has 0 aliphatic rings. The summed E-state index contributed by atoms with van der Waals surface area (Å²) < 4.78 is 5.15. The van der Waals surface area contributed by atoms with E-state index in [1.54, 1.807) is 18.4 Å². The zero-order chi connectivity index (χ0) is 12.1. The van der Waals surface area contributed by atoms with Gasteiger partial charge in [-0.1, -0.05) is 11.3 Å². The minimum Gasteiger partial charge on any atom is -0.378 e. The van der Waals surface area contributed by atoms with E-state index in [1.807, 2.05) is 6.92 Å². The Morgan fingerprint density at radius 1 is 1.44 bits per heavy atom. The number of hydrogen-bond donors (Lipinski definition) is 1. The van der Waals surface area contributed by atoms with Crippen LogP contribution < -0.4 is 10.6 Å². The van der Waals surface area contributed by atoms with Gasteiger partial charge >= 0.3 is 0 Å². The Morgan fingerprint density at radius 2 is 2.06 bits per heavy atom. The highest BCUT2D eigenvalue weighted by molar-refractivity contribution is 7.15. The van der Waals surface area contributed by atoms with Crippen LogP contribution in [-0.2, 0) is 11.3 Å². The quantitative estimate of drug-likeness (QED) is 0.832. The third-order valence-corrected chi connectivity index (χ3v) is 3.80. The van der Waals surface area contributed by atoms with Crippen molar-refractivity contribution in [2.75, 3.05) is 25.1 Å². The molecule has 0 saturated carbocycles. The average Bonchev–Trinajstić information content (AvgIpc) is 2.65. The second-order valence-electron chi connectivity index (χ2n) is 3.70.